The summed E-state index contributed by atoms with van der Waals surface area (Å²) in [4.78, 5) is 0. The average Bonchev–Trinajstić information content (AvgIpc) is 3.01. The Hall–Kier alpha value is -0.343. The van der Waals surface area contributed by atoms with Crippen LogP contribution in [0.25, 0.3) is 0 Å². The second-order valence-corrected chi connectivity index (χ2v) is 14.9. The van der Waals surface area contributed by atoms with Crippen LogP contribution in [0.1, 0.15) is 0 Å². The first kappa shape index (κ1) is 44.7. The smallest absolute Gasteiger partial charge is 0.183 e. The number of rotatable bonds is 40. The quantitative estimate of drug-likeness (QED) is 0.0738. The van der Waals surface area contributed by atoms with Crippen LogP contribution in [0.3, 0.4) is 0 Å². The van der Waals surface area contributed by atoms with Crippen molar-refractivity contribution in [3.05, 3.63) is 0 Å². The Bertz CT molecular complexity index is 550. The van der Waals surface area contributed by atoms with Gasteiger partial charge in [0.25, 0.3) is 0 Å². The molecule has 0 bridgehead atoms. The standard InChI is InChI=1S/C30H65NO13Si/c1-31-5-6-32-7-8-33-9-10-34-11-12-35-13-14-36-15-16-37-17-18-38-19-20-39-21-22-40-23-24-41-25-26-42-27-28-43-29-30-44-45(2,3)4/h31H,5-30H2,1-4H3. The maximum atomic E-state index is 5.72. The van der Waals surface area contributed by atoms with Gasteiger partial charge in [0.15, 0.2) is 8.32 Å². The Labute approximate surface area is 273 Å². The predicted octanol–water partition coefficient (Wildman–Crippen LogP) is 1.26. The van der Waals surface area contributed by atoms with E-state index in [4.69, 9.17) is 61.3 Å². The van der Waals surface area contributed by atoms with Gasteiger partial charge < -0.3 is 66.6 Å². The molecule has 0 aromatic rings. The van der Waals surface area contributed by atoms with Gasteiger partial charge in [0.05, 0.1) is 165 Å². The third-order valence-electron chi connectivity index (χ3n) is 5.35. The first-order valence-corrected chi connectivity index (χ1v) is 19.7. The highest BCUT2D eigenvalue weighted by molar-refractivity contribution is 6.69. The van der Waals surface area contributed by atoms with E-state index in [1.165, 1.54) is 0 Å². The van der Waals surface area contributed by atoms with Crippen LogP contribution in [0.5, 0.6) is 0 Å². The van der Waals surface area contributed by atoms with Gasteiger partial charge in [0.1, 0.15) is 0 Å². The molecule has 0 heterocycles. The van der Waals surface area contributed by atoms with Gasteiger partial charge in [-0.15, -0.1) is 0 Å². The maximum Gasteiger partial charge on any atom is 0.183 e. The second-order valence-electron chi connectivity index (χ2n) is 10.4. The van der Waals surface area contributed by atoms with Crippen LogP contribution in [0.4, 0.5) is 0 Å². The Balaban J connectivity index is 3.05. The molecule has 0 saturated heterocycles. The van der Waals surface area contributed by atoms with Crippen LogP contribution in [-0.2, 0) is 61.3 Å². The molecule has 45 heavy (non-hydrogen) atoms. The van der Waals surface area contributed by atoms with Crippen molar-refractivity contribution >= 4 is 8.32 Å². The van der Waals surface area contributed by atoms with Gasteiger partial charge in [-0.2, -0.15) is 0 Å². The number of hydrogen-bond donors (Lipinski definition) is 1. The van der Waals surface area contributed by atoms with Crippen molar-refractivity contribution in [2.75, 3.05) is 179 Å². The highest BCUT2D eigenvalue weighted by Gasteiger charge is 2.13. The maximum absolute atomic E-state index is 5.72. The third kappa shape index (κ3) is 43.7. The van der Waals surface area contributed by atoms with Crippen LogP contribution in [0.15, 0.2) is 0 Å². The Kier molecular flexibility index (Phi) is 37.8. The number of hydrogen-bond acceptors (Lipinski definition) is 14. The molecule has 0 aliphatic carbocycles. The van der Waals surface area contributed by atoms with Gasteiger partial charge in [0, 0.05) is 6.54 Å². The Morgan fingerprint density at radius 3 is 0.644 bits per heavy atom. The van der Waals surface area contributed by atoms with Gasteiger partial charge in [0.2, 0.25) is 0 Å². The molecule has 0 aliphatic rings. The topological polar surface area (TPSA) is 132 Å². The summed E-state index contributed by atoms with van der Waals surface area (Å²) in [5, 5.41) is 3.02. The summed E-state index contributed by atoms with van der Waals surface area (Å²) in [5.41, 5.74) is 0. The second kappa shape index (κ2) is 38.1. The molecule has 0 atom stereocenters. The zero-order valence-corrected chi connectivity index (χ0v) is 29.7. The van der Waals surface area contributed by atoms with Crippen LogP contribution >= 0.6 is 0 Å². The van der Waals surface area contributed by atoms with Gasteiger partial charge >= 0.3 is 0 Å². The molecule has 0 rings (SSSR count). The molecule has 15 heteroatoms. The van der Waals surface area contributed by atoms with E-state index >= 15 is 0 Å². The number of ether oxygens (including phenoxy) is 12. The van der Waals surface area contributed by atoms with Crippen molar-refractivity contribution in [2.45, 2.75) is 19.6 Å². The fourth-order valence-corrected chi connectivity index (χ4v) is 3.80. The van der Waals surface area contributed by atoms with Crippen LogP contribution in [0, 0.1) is 0 Å². The summed E-state index contributed by atoms with van der Waals surface area (Å²) in [5.74, 6) is 0. The van der Waals surface area contributed by atoms with Crippen molar-refractivity contribution in [3.63, 3.8) is 0 Å². The molecule has 272 valence electrons. The van der Waals surface area contributed by atoms with E-state index in [1.807, 2.05) is 7.05 Å². The molecule has 0 aromatic heterocycles. The molecular weight excluding hydrogens is 610 g/mol. The molecular formula is C30H65NO13Si. The fourth-order valence-electron chi connectivity index (χ4n) is 3.10. The van der Waals surface area contributed by atoms with E-state index in [0.29, 0.717) is 165 Å². The minimum absolute atomic E-state index is 0.514. The number of likely N-dealkylation sites (N-methyl/N-ethyl adjacent to an activating group) is 1. The first-order valence-electron chi connectivity index (χ1n) is 16.3. The van der Waals surface area contributed by atoms with Gasteiger partial charge in [-0.3, -0.25) is 0 Å². The highest BCUT2D eigenvalue weighted by atomic mass is 28.4. The van der Waals surface area contributed by atoms with Gasteiger partial charge in [-0.05, 0) is 26.7 Å². The van der Waals surface area contributed by atoms with Gasteiger partial charge in [-0.1, -0.05) is 0 Å². The van der Waals surface area contributed by atoms with Gasteiger partial charge in [-0.25, -0.2) is 0 Å². The normalized spacial score (nSPS) is 12.0. The predicted molar refractivity (Wildman–Crippen MR) is 173 cm³/mol. The molecule has 14 nitrogen and oxygen atoms in total. The van der Waals surface area contributed by atoms with Crippen molar-refractivity contribution in [2.24, 2.45) is 0 Å². The van der Waals surface area contributed by atoms with Crippen molar-refractivity contribution in [3.8, 4) is 0 Å². The summed E-state index contributed by atoms with van der Waals surface area (Å²) in [6, 6.07) is 0. The molecule has 0 fully saturated rings. The minimum atomic E-state index is -1.45. The Morgan fingerprint density at radius 2 is 0.467 bits per heavy atom. The summed E-state index contributed by atoms with van der Waals surface area (Å²) in [6.45, 7) is 21.0. The lowest BCUT2D eigenvalue weighted by molar-refractivity contribution is -0.0285. The van der Waals surface area contributed by atoms with Crippen molar-refractivity contribution in [1.82, 2.24) is 5.32 Å². The van der Waals surface area contributed by atoms with Crippen LogP contribution < -0.4 is 5.32 Å². The monoisotopic (exact) mass is 675 g/mol. The van der Waals surface area contributed by atoms with E-state index in [2.05, 4.69) is 25.0 Å². The van der Waals surface area contributed by atoms with E-state index in [0.717, 1.165) is 6.54 Å². The number of nitrogens with one attached hydrogen (secondary N) is 1. The molecule has 0 radical (unpaired) electrons. The Morgan fingerprint density at radius 1 is 0.289 bits per heavy atom. The van der Waals surface area contributed by atoms with E-state index in [-0.39, 0.29) is 0 Å². The van der Waals surface area contributed by atoms with E-state index in [9.17, 15) is 0 Å². The molecule has 1 N–H and O–H groups in total. The average molecular weight is 676 g/mol. The highest BCUT2D eigenvalue weighted by Crippen LogP contribution is 2.01. The zero-order valence-electron chi connectivity index (χ0n) is 28.7. The molecule has 0 amide bonds. The summed E-state index contributed by atoms with van der Waals surface area (Å²) >= 11 is 0. The van der Waals surface area contributed by atoms with Crippen LogP contribution in [-0.4, -0.2) is 187 Å². The fraction of sp³-hybridized carbons (Fsp3) is 1.00. The minimum Gasteiger partial charge on any atom is -0.415 e. The third-order valence-corrected chi connectivity index (χ3v) is 6.42. The molecule has 0 saturated carbocycles. The summed E-state index contributed by atoms with van der Waals surface area (Å²) in [7, 11) is 0.446. The zero-order chi connectivity index (χ0) is 32.8. The summed E-state index contributed by atoms with van der Waals surface area (Å²) in [6.07, 6.45) is 0. The molecule has 0 unspecified atom stereocenters. The van der Waals surface area contributed by atoms with E-state index < -0.39 is 8.32 Å². The van der Waals surface area contributed by atoms with Crippen LogP contribution in [0.2, 0.25) is 19.6 Å². The SMILES string of the molecule is CNCCOCCOCCOCCOCCOCCOCCOCCOCCOCCOCCOCCOCCO[Si](C)(C)C. The lowest BCUT2D eigenvalue weighted by Crippen LogP contribution is -2.27. The van der Waals surface area contributed by atoms with Crippen molar-refractivity contribution in [1.29, 1.82) is 0 Å². The molecule has 0 aromatic carbocycles. The molecule has 0 aliphatic heterocycles. The largest absolute Gasteiger partial charge is 0.415 e. The van der Waals surface area contributed by atoms with Crippen molar-refractivity contribution < 1.29 is 61.3 Å². The lowest BCUT2D eigenvalue weighted by Gasteiger charge is -2.16. The lowest BCUT2D eigenvalue weighted by atomic mass is 10.6. The first-order chi connectivity index (χ1) is 22.1. The summed E-state index contributed by atoms with van der Waals surface area (Å²) < 4.78 is 71.2. The van der Waals surface area contributed by atoms with E-state index in [1.54, 1.807) is 0 Å². The molecule has 0 spiro atoms.